The van der Waals surface area contributed by atoms with Gasteiger partial charge in [0, 0.05) is 22.7 Å². The third-order valence-corrected chi connectivity index (χ3v) is 3.04. The zero-order valence-electron chi connectivity index (χ0n) is 10.2. The first-order chi connectivity index (χ1) is 9.58. The smallest absolute Gasteiger partial charge is 0.432 e. The monoisotopic (exact) mass is 271 g/mol. The summed E-state index contributed by atoms with van der Waals surface area (Å²) in [5, 5.41) is 13.7. The summed E-state index contributed by atoms with van der Waals surface area (Å²) in [6.07, 6.45) is -1.28. The summed E-state index contributed by atoms with van der Waals surface area (Å²) < 4.78 is 14.1. The molecule has 3 N–H and O–H groups in total. The Labute approximate surface area is 113 Å². The molecule has 1 heterocycles. The molecule has 0 aliphatic carbocycles. The minimum Gasteiger partial charge on any atom is -0.463 e. The number of carbonyl (C=O) groups is 1. The zero-order valence-corrected chi connectivity index (χ0v) is 10.2. The Hall–Kier alpha value is -2.89. The number of hydrogen-bond donors (Lipinski definition) is 2. The standard InChI is InChI=1S/C14H10FN3O2/c15-8-5-6-10-12(7-8)18(14(19)20)17-13(10)9-3-1-2-4-11(9)16/h1-7H,16H2,(H,19,20). The molecular weight excluding hydrogens is 261 g/mol. The Bertz CT molecular complexity index is 826. The molecule has 0 saturated carbocycles. The molecule has 0 aliphatic rings. The minimum absolute atomic E-state index is 0.191. The molecule has 0 unspecified atom stereocenters. The van der Waals surface area contributed by atoms with Gasteiger partial charge in [0.15, 0.2) is 0 Å². The number of hydrogen-bond acceptors (Lipinski definition) is 3. The number of aromatic nitrogens is 2. The maximum Gasteiger partial charge on any atom is 0.432 e. The quantitative estimate of drug-likeness (QED) is 0.667. The number of fused-ring (bicyclic) bond motifs is 1. The van der Waals surface area contributed by atoms with Gasteiger partial charge >= 0.3 is 6.09 Å². The number of halogens is 1. The van der Waals surface area contributed by atoms with Crippen molar-refractivity contribution in [3.8, 4) is 11.3 Å². The molecule has 0 fully saturated rings. The van der Waals surface area contributed by atoms with Crippen molar-refractivity contribution in [1.29, 1.82) is 0 Å². The van der Waals surface area contributed by atoms with Crippen LogP contribution in [0.1, 0.15) is 0 Å². The van der Waals surface area contributed by atoms with E-state index in [2.05, 4.69) is 5.10 Å². The van der Waals surface area contributed by atoms with E-state index >= 15 is 0 Å². The number of nitrogens with two attached hydrogens (primary N) is 1. The van der Waals surface area contributed by atoms with Crippen molar-refractivity contribution < 1.29 is 14.3 Å². The molecule has 0 bridgehead atoms. The first kappa shape index (κ1) is 12.2. The first-order valence-electron chi connectivity index (χ1n) is 5.84. The van der Waals surface area contributed by atoms with Crippen LogP contribution >= 0.6 is 0 Å². The second kappa shape index (κ2) is 4.34. The Morgan fingerprint density at radius 1 is 1.25 bits per heavy atom. The van der Waals surface area contributed by atoms with E-state index in [-0.39, 0.29) is 5.52 Å². The number of para-hydroxylation sites is 1. The third kappa shape index (κ3) is 1.78. The highest BCUT2D eigenvalue weighted by Gasteiger charge is 2.17. The summed E-state index contributed by atoms with van der Waals surface area (Å²) in [4.78, 5) is 11.2. The van der Waals surface area contributed by atoms with Crippen molar-refractivity contribution in [2.45, 2.75) is 0 Å². The Kier molecular flexibility index (Phi) is 2.64. The summed E-state index contributed by atoms with van der Waals surface area (Å²) in [6.45, 7) is 0. The number of benzene rings is 2. The van der Waals surface area contributed by atoms with Gasteiger partial charge in [-0.3, -0.25) is 0 Å². The van der Waals surface area contributed by atoms with E-state index in [4.69, 9.17) is 10.8 Å². The molecule has 0 aliphatic heterocycles. The second-order valence-corrected chi connectivity index (χ2v) is 4.29. The molecule has 0 spiro atoms. The maximum absolute atomic E-state index is 13.3. The molecular formula is C14H10FN3O2. The Morgan fingerprint density at radius 2 is 2.00 bits per heavy atom. The van der Waals surface area contributed by atoms with Gasteiger partial charge in [0.1, 0.15) is 11.5 Å². The summed E-state index contributed by atoms with van der Waals surface area (Å²) in [7, 11) is 0. The maximum atomic E-state index is 13.3. The van der Waals surface area contributed by atoms with Crippen molar-refractivity contribution in [2.75, 3.05) is 5.73 Å². The highest BCUT2D eigenvalue weighted by Crippen LogP contribution is 2.31. The fraction of sp³-hybridized carbons (Fsp3) is 0. The molecule has 20 heavy (non-hydrogen) atoms. The van der Waals surface area contributed by atoms with Gasteiger partial charge in [-0.25, -0.2) is 9.18 Å². The lowest BCUT2D eigenvalue weighted by molar-refractivity contribution is 0.194. The normalized spacial score (nSPS) is 10.8. The predicted molar refractivity (Wildman–Crippen MR) is 73.0 cm³/mol. The molecule has 0 saturated heterocycles. The van der Waals surface area contributed by atoms with Crippen molar-refractivity contribution in [3.63, 3.8) is 0 Å². The highest BCUT2D eigenvalue weighted by atomic mass is 19.1. The fourth-order valence-electron chi connectivity index (χ4n) is 2.15. The van der Waals surface area contributed by atoms with Crippen molar-refractivity contribution in [3.05, 3.63) is 48.3 Å². The lowest BCUT2D eigenvalue weighted by Crippen LogP contribution is -2.09. The van der Waals surface area contributed by atoms with Crippen LogP contribution in [0.15, 0.2) is 42.5 Å². The van der Waals surface area contributed by atoms with Crippen LogP contribution in [0.25, 0.3) is 22.2 Å². The molecule has 2 aromatic carbocycles. The van der Waals surface area contributed by atoms with Gasteiger partial charge in [0.05, 0.1) is 5.52 Å². The van der Waals surface area contributed by atoms with Gasteiger partial charge in [-0.05, 0) is 18.2 Å². The topological polar surface area (TPSA) is 81.1 Å². The van der Waals surface area contributed by atoms with E-state index in [9.17, 15) is 9.18 Å². The molecule has 3 aromatic rings. The van der Waals surface area contributed by atoms with Crippen LogP contribution in [0.5, 0.6) is 0 Å². The van der Waals surface area contributed by atoms with Crippen LogP contribution in [0.4, 0.5) is 14.9 Å². The van der Waals surface area contributed by atoms with Gasteiger partial charge < -0.3 is 10.8 Å². The van der Waals surface area contributed by atoms with E-state index < -0.39 is 11.9 Å². The molecule has 0 atom stereocenters. The fourth-order valence-corrected chi connectivity index (χ4v) is 2.15. The Balaban J connectivity index is 2.38. The zero-order chi connectivity index (χ0) is 14.3. The molecule has 6 heteroatoms. The van der Waals surface area contributed by atoms with Crippen molar-refractivity contribution in [1.82, 2.24) is 9.78 Å². The minimum atomic E-state index is -1.28. The number of anilines is 1. The molecule has 1 aromatic heterocycles. The lowest BCUT2D eigenvalue weighted by Gasteiger charge is -2.01. The van der Waals surface area contributed by atoms with Gasteiger partial charge in [-0.2, -0.15) is 9.78 Å². The van der Waals surface area contributed by atoms with Gasteiger partial charge in [0.25, 0.3) is 0 Å². The van der Waals surface area contributed by atoms with E-state index in [0.717, 1.165) is 10.7 Å². The first-order valence-corrected chi connectivity index (χ1v) is 5.84. The van der Waals surface area contributed by atoms with E-state index in [1.807, 2.05) is 0 Å². The lowest BCUT2D eigenvalue weighted by atomic mass is 10.1. The second-order valence-electron chi connectivity index (χ2n) is 4.29. The van der Waals surface area contributed by atoms with Crippen LogP contribution in [-0.4, -0.2) is 21.0 Å². The van der Waals surface area contributed by atoms with Gasteiger partial charge in [-0.15, -0.1) is 0 Å². The van der Waals surface area contributed by atoms with Crippen LogP contribution in [-0.2, 0) is 0 Å². The number of nitrogens with zero attached hydrogens (tertiary/aromatic N) is 2. The SMILES string of the molecule is Nc1ccccc1-c1nn(C(=O)O)c2cc(F)ccc12. The van der Waals surface area contributed by atoms with E-state index in [1.54, 1.807) is 24.3 Å². The number of rotatable bonds is 1. The third-order valence-electron chi connectivity index (χ3n) is 3.04. The summed E-state index contributed by atoms with van der Waals surface area (Å²) >= 11 is 0. The summed E-state index contributed by atoms with van der Waals surface area (Å²) in [6, 6.07) is 10.9. The van der Waals surface area contributed by atoms with Crippen LogP contribution < -0.4 is 5.73 Å². The van der Waals surface area contributed by atoms with Gasteiger partial charge in [0.2, 0.25) is 0 Å². The molecule has 3 rings (SSSR count). The molecule has 100 valence electrons. The van der Waals surface area contributed by atoms with Crippen LogP contribution in [0, 0.1) is 5.82 Å². The predicted octanol–water partition coefficient (Wildman–Crippen LogP) is 2.95. The van der Waals surface area contributed by atoms with Gasteiger partial charge in [-0.1, -0.05) is 18.2 Å². The molecule has 0 amide bonds. The molecule has 5 nitrogen and oxygen atoms in total. The van der Waals surface area contributed by atoms with E-state index in [1.165, 1.54) is 12.1 Å². The largest absolute Gasteiger partial charge is 0.463 e. The van der Waals surface area contributed by atoms with Crippen LogP contribution in [0.3, 0.4) is 0 Å². The van der Waals surface area contributed by atoms with Crippen molar-refractivity contribution in [2.24, 2.45) is 0 Å². The van der Waals surface area contributed by atoms with Crippen LogP contribution in [0.2, 0.25) is 0 Å². The number of carboxylic acid groups (broad SMARTS) is 1. The average molecular weight is 271 g/mol. The molecule has 0 radical (unpaired) electrons. The summed E-state index contributed by atoms with van der Waals surface area (Å²) in [5.74, 6) is -0.521. The van der Waals surface area contributed by atoms with E-state index in [0.29, 0.717) is 22.3 Å². The number of nitrogen functional groups attached to an aromatic ring is 1. The highest BCUT2D eigenvalue weighted by molar-refractivity contribution is 5.99. The Morgan fingerprint density at radius 3 is 2.70 bits per heavy atom. The summed E-state index contributed by atoms with van der Waals surface area (Å²) in [5.41, 5.74) is 7.59. The van der Waals surface area contributed by atoms with Crippen molar-refractivity contribution >= 4 is 22.7 Å². The average Bonchev–Trinajstić information content (AvgIpc) is 2.78.